The Labute approximate surface area is 107 Å². The maximum atomic E-state index is 11.8. The number of nitrogens with one attached hydrogen (secondary N) is 1. The summed E-state index contributed by atoms with van der Waals surface area (Å²) in [7, 11) is 0. The predicted molar refractivity (Wildman–Crippen MR) is 64.4 cm³/mol. The van der Waals surface area contributed by atoms with Gasteiger partial charge in [-0.25, -0.2) is 4.79 Å². The molecule has 0 unspecified atom stereocenters. The van der Waals surface area contributed by atoms with E-state index in [1.54, 1.807) is 6.92 Å². The molecule has 3 atom stereocenters. The van der Waals surface area contributed by atoms with Crippen molar-refractivity contribution in [2.24, 2.45) is 5.11 Å². The van der Waals surface area contributed by atoms with Crippen LogP contribution in [0.5, 0.6) is 0 Å². The van der Waals surface area contributed by atoms with Crippen LogP contribution in [0.15, 0.2) is 20.9 Å². The number of nitrogens with zero attached hydrogens (tertiary/aromatic N) is 4. The molecule has 9 nitrogen and oxygen atoms in total. The fourth-order valence-corrected chi connectivity index (χ4v) is 2.03. The topological polar surface area (TPSA) is 133 Å². The number of aromatic nitrogens is 2. The number of hydrogen-bond donors (Lipinski definition) is 2. The van der Waals surface area contributed by atoms with Crippen LogP contribution in [0.2, 0.25) is 0 Å². The van der Waals surface area contributed by atoms with Crippen LogP contribution in [-0.2, 0) is 10.6 Å². The van der Waals surface area contributed by atoms with Crippen LogP contribution in [0, 0.1) is 6.92 Å². The van der Waals surface area contributed by atoms with Crippen molar-refractivity contribution in [3.8, 4) is 0 Å². The Bertz CT molecular complexity index is 647. The Morgan fingerprint density at radius 1 is 1.68 bits per heavy atom. The highest BCUT2D eigenvalue weighted by molar-refractivity contribution is 5.04. The summed E-state index contributed by atoms with van der Waals surface area (Å²) in [6, 6.07) is 0. The monoisotopic (exact) mass is 267 g/mol. The van der Waals surface area contributed by atoms with Crippen LogP contribution in [0.25, 0.3) is 10.4 Å². The quantitative estimate of drug-likeness (QED) is 0.441. The lowest BCUT2D eigenvalue weighted by Crippen LogP contribution is -2.43. The van der Waals surface area contributed by atoms with E-state index >= 15 is 0 Å². The molecule has 1 aromatic rings. The number of rotatable bonds is 2. The zero-order valence-corrected chi connectivity index (χ0v) is 10.4. The zero-order valence-electron chi connectivity index (χ0n) is 10.4. The summed E-state index contributed by atoms with van der Waals surface area (Å²) in [6.07, 6.45) is -0.279. The molecule has 0 radical (unpaired) electrons. The van der Waals surface area contributed by atoms with E-state index in [1.807, 2.05) is 0 Å². The van der Waals surface area contributed by atoms with E-state index in [4.69, 9.17) is 10.3 Å². The van der Waals surface area contributed by atoms with Gasteiger partial charge in [-0.15, -0.1) is 0 Å². The number of aliphatic hydroxyl groups is 1. The van der Waals surface area contributed by atoms with Gasteiger partial charge in [0, 0.05) is 23.1 Å². The van der Waals surface area contributed by atoms with Gasteiger partial charge >= 0.3 is 5.69 Å². The molecule has 9 heteroatoms. The van der Waals surface area contributed by atoms with Gasteiger partial charge in [0.05, 0.1) is 12.2 Å². The van der Waals surface area contributed by atoms with Gasteiger partial charge in [0.1, 0.15) is 0 Å². The minimum Gasteiger partial charge on any atom is -0.390 e. The van der Waals surface area contributed by atoms with E-state index < -0.39 is 29.3 Å². The van der Waals surface area contributed by atoms with E-state index in [1.165, 1.54) is 13.1 Å². The average Bonchev–Trinajstić information content (AvgIpc) is 2.61. The molecule has 0 bridgehead atoms. The predicted octanol–water partition coefficient (Wildman–Crippen LogP) is -0.0647. The highest BCUT2D eigenvalue weighted by atomic mass is 16.6. The lowest BCUT2D eigenvalue weighted by atomic mass is 10.1. The van der Waals surface area contributed by atoms with Gasteiger partial charge in [-0.3, -0.25) is 14.3 Å². The molecule has 2 rings (SSSR count). The first-order chi connectivity index (χ1) is 8.89. The number of aliphatic hydroxyl groups excluding tert-OH is 1. The van der Waals surface area contributed by atoms with Crippen LogP contribution in [0.3, 0.4) is 0 Å². The third-order valence-corrected chi connectivity index (χ3v) is 3.09. The van der Waals surface area contributed by atoms with E-state index in [0.717, 1.165) is 4.57 Å². The van der Waals surface area contributed by atoms with Gasteiger partial charge in [0.15, 0.2) is 0 Å². The first kappa shape index (κ1) is 13.3. The molecule has 2 heterocycles. The van der Waals surface area contributed by atoms with Crippen molar-refractivity contribution in [3.05, 3.63) is 43.0 Å². The molecule has 0 aliphatic carbocycles. The molecular weight excluding hydrogens is 254 g/mol. The van der Waals surface area contributed by atoms with Crippen LogP contribution in [0.4, 0.5) is 0 Å². The summed E-state index contributed by atoms with van der Waals surface area (Å²) < 4.78 is 6.43. The lowest BCUT2D eigenvalue weighted by molar-refractivity contribution is -0.0951. The maximum Gasteiger partial charge on any atom is 0.330 e. The molecule has 1 aromatic heterocycles. The second-order valence-corrected chi connectivity index (χ2v) is 4.47. The summed E-state index contributed by atoms with van der Waals surface area (Å²) in [5, 5.41) is 13.2. The molecule has 0 amide bonds. The summed E-state index contributed by atoms with van der Waals surface area (Å²) in [6.45, 7) is 3.11. The summed E-state index contributed by atoms with van der Waals surface area (Å²) in [5.41, 5.74) is 7.63. The molecule has 1 saturated heterocycles. The van der Waals surface area contributed by atoms with Gasteiger partial charge in [0.2, 0.25) is 5.85 Å². The van der Waals surface area contributed by atoms with E-state index in [0.29, 0.717) is 0 Å². The molecule has 0 saturated carbocycles. The van der Waals surface area contributed by atoms with Gasteiger partial charge in [-0.05, 0) is 24.5 Å². The largest absolute Gasteiger partial charge is 0.390 e. The van der Waals surface area contributed by atoms with Crippen molar-refractivity contribution in [3.63, 3.8) is 0 Å². The minimum atomic E-state index is -1.65. The second kappa shape index (κ2) is 4.54. The van der Waals surface area contributed by atoms with Gasteiger partial charge in [0.25, 0.3) is 5.56 Å². The molecule has 1 aliphatic heterocycles. The van der Waals surface area contributed by atoms with E-state index in [2.05, 4.69) is 15.0 Å². The molecule has 1 fully saturated rings. The molecule has 0 aromatic carbocycles. The van der Waals surface area contributed by atoms with Crippen molar-refractivity contribution in [2.75, 3.05) is 0 Å². The van der Waals surface area contributed by atoms with E-state index in [9.17, 15) is 14.7 Å². The number of aromatic amines is 1. The Balaban J connectivity index is 2.65. The van der Waals surface area contributed by atoms with Crippen molar-refractivity contribution in [1.29, 1.82) is 0 Å². The zero-order chi connectivity index (χ0) is 14.2. The van der Waals surface area contributed by atoms with Crippen molar-refractivity contribution in [2.45, 2.75) is 38.3 Å². The molecule has 19 heavy (non-hydrogen) atoms. The van der Waals surface area contributed by atoms with Gasteiger partial charge < -0.3 is 9.84 Å². The first-order valence-electron chi connectivity index (χ1n) is 5.65. The Morgan fingerprint density at radius 2 is 2.37 bits per heavy atom. The normalized spacial score (nSPS) is 30.1. The smallest absolute Gasteiger partial charge is 0.330 e. The fourth-order valence-electron chi connectivity index (χ4n) is 2.03. The van der Waals surface area contributed by atoms with Crippen LogP contribution >= 0.6 is 0 Å². The molecule has 1 aliphatic rings. The number of azide groups is 1. The van der Waals surface area contributed by atoms with Gasteiger partial charge in [-0.2, -0.15) is 0 Å². The van der Waals surface area contributed by atoms with Crippen molar-refractivity contribution >= 4 is 0 Å². The van der Waals surface area contributed by atoms with Gasteiger partial charge in [-0.1, -0.05) is 0 Å². The van der Waals surface area contributed by atoms with Crippen molar-refractivity contribution < 1.29 is 9.84 Å². The second-order valence-electron chi connectivity index (χ2n) is 4.47. The number of ether oxygens (including phenoxy) is 1. The minimum absolute atomic E-state index is 0.0659. The highest BCUT2D eigenvalue weighted by Crippen LogP contribution is 2.35. The van der Waals surface area contributed by atoms with Crippen LogP contribution in [0.1, 0.15) is 18.9 Å². The van der Waals surface area contributed by atoms with Crippen molar-refractivity contribution in [1.82, 2.24) is 9.55 Å². The number of aryl methyl sites for hydroxylation is 1. The molecule has 2 N–H and O–H groups in total. The van der Waals surface area contributed by atoms with Crippen LogP contribution in [-0.4, -0.2) is 26.9 Å². The summed E-state index contributed by atoms with van der Waals surface area (Å²) in [4.78, 5) is 27.9. The summed E-state index contributed by atoms with van der Waals surface area (Å²) >= 11 is 0. The Kier molecular flexibility index (Phi) is 3.19. The standard InChI is InChI=1S/C10H13N5O4/c1-5-4-15(9(18)12-8(5)17)10(13-14-11)3-7(16)6(2)19-10/h4,6-7,16H,3H2,1-2H3,(H,12,17,18)/t6-,7+,10+/m1/s1. The Hall–Kier alpha value is -2.09. The third-order valence-electron chi connectivity index (χ3n) is 3.09. The van der Waals surface area contributed by atoms with E-state index in [-0.39, 0.29) is 12.0 Å². The fraction of sp³-hybridized carbons (Fsp3) is 0.600. The SMILES string of the molecule is Cc1cn([C@@]2(N=[N+]=[N-])C[C@H](O)[C@@H](C)O2)c(=O)[nH]c1=O. The van der Waals surface area contributed by atoms with Crippen LogP contribution < -0.4 is 11.2 Å². The number of H-pyrrole nitrogens is 1. The average molecular weight is 267 g/mol. The lowest BCUT2D eigenvalue weighted by Gasteiger charge is -2.25. The number of hydrogen-bond acceptors (Lipinski definition) is 5. The molecule has 102 valence electrons. The highest BCUT2D eigenvalue weighted by Gasteiger charge is 2.46. The Morgan fingerprint density at radius 3 is 2.89 bits per heavy atom. The maximum absolute atomic E-state index is 11.8. The molecular formula is C10H13N5O4. The summed E-state index contributed by atoms with van der Waals surface area (Å²) in [5.74, 6) is -1.65. The molecule has 0 spiro atoms. The first-order valence-corrected chi connectivity index (χ1v) is 5.65. The third kappa shape index (κ3) is 2.14.